The number of nitrogens with one attached hydrogen (secondary N) is 1. The molecule has 1 heteroatoms. The second kappa shape index (κ2) is 6.30. The molecule has 3 rings (SSSR count). The average Bonchev–Trinajstić information content (AvgIpc) is 3.04. The maximum atomic E-state index is 3.64. The van der Waals surface area contributed by atoms with Crippen LogP contribution in [0, 0.1) is 11.8 Å². The molecule has 2 atom stereocenters. The molecule has 0 heterocycles. The number of benzene rings is 1. The lowest BCUT2D eigenvalue weighted by atomic mass is 9.88. The van der Waals surface area contributed by atoms with E-state index in [1.807, 2.05) is 0 Å². The van der Waals surface area contributed by atoms with E-state index >= 15 is 0 Å². The van der Waals surface area contributed by atoms with Gasteiger partial charge >= 0.3 is 0 Å². The van der Waals surface area contributed by atoms with Crippen LogP contribution in [0.2, 0.25) is 0 Å². The van der Waals surface area contributed by atoms with Crippen molar-refractivity contribution >= 4 is 0 Å². The summed E-state index contributed by atoms with van der Waals surface area (Å²) >= 11 is 0. The second-order valence-corrected chi connectivity index (χ2v) is 7.17. The standard InChI is InChI=1S/C19H29N/c1-14(2)20-13-19-8-4-7-18(19)12-15-9-10-16-5-3-6-17(16)11-15/h9-11,14,18-20H,3-8,12-13H2,1-2H3. The van der Waals surface area contributed by atoms with E-state index < -0.39 is 0 Å². The maximum Gasteiger partial charge on any atom is 0.00104 e. The van der Waals surface area contributed by atoms with Crippen molar-refractivity contribution in [3.8, 4) is 0 Å². The molecule has 0 radical (unpaired) electrons. The Balaban J connectivity index is 1.61. The van der Waals surface area contributed by atoms with Crippen molar-refractivity contribution in [2.45, 2.75) is 64.8 Å². The monoisotopic (exact) mass is 271 g/mol. The number of aryl methyl sites for hydroxylation is 2. The Morgan fingerprint density at radius 1 is 1.05 bits per heavy atom. The van der Waals surface area contributed by atoms with Crippen LogP contribution in [0.15, 0.2) is 18.2 Å². The average molecular weight is 271 g/mol. The maximum absolute atomic E-state index is 3.64. The van der Waals surface area contributed by atoms with Gasteiger partial charge in [0.15, 0.2) is 0 Å². The first-order chi connectivity index (χ1) is 9.72. The van der Waals surface area contributed by atoms with Crippen molar-refractivity contribution < 1.29 is 0 Å². The minimum atomic E-state index is 0.622. The molecule has 1 aromatic rings. The SMILES string of the molecule is CC(C)NCC1CCCC1Cc1ccc2c(c1)CCC2. The van der Waals surface area contributed by atoms with E-state index in [0.29, 0.717) is 6.04 Å². The summed E-state index contributed by atoms with van der Waals surface area (Å²) in [6.07, 6.45) is 9.57. The number of fused-ring (bicyclic) bond motifs is 1. The minimum Gasteiger partial charge on any atom is -0.314 e. The highest BCUT2D eigenvalue weighted by Gasteiger charge is 2.27. The molecule has 1 aromatic carbocycles. The van der Waals surface area contributed by atoms with Crippen LogP contribution in [0.4, 0.5) is 0 Å². The van der Waals surface area contributed by atoms with Crippen LogP contribution < -0.4 is 5.32 Å². The molecule has 0 saturated heterocycles. The van der Waals surface area contributed by atoms with Gasteiger partial charge in [-0.25, -0.2) is 0 Å². The number of hydrogen-bond acceptors (Lipinski definition) is 1. The highest BCUT2D eigenvalue weighted by molar-refractivity contribution is 5.35. The van der Waals surface area contributed by atoms with Crippen LogP contribution in [0.25, 0.3) is 0 Å². The number of rotatable bonds is 5. The zero-order valence-corrected chi connectivity index (χ0v) is 13.1. The van der Waals surface area contributed by atoms with Crippen molar-refractivity contribution in [3.05, 3.63) is 34.9 Å². The Kier molecular flexibility index (Phi) is 4.45. The first-order valence-electron chi connectivity index (χ1n) is 8.56. The Bertz CT molecular complexity index is 449. The third kappa shape index (κ3) is 3.25. The summed E-state index contributed by atoms with van der Waals surface area (Å²) in [5.41, 5.74) is 4.84. The molecule has 2 unspecified atom stereocenters. The Morgan fingerprint density at radius 2 is 1.85 bits per heavy atom. The molecule has 20 heavy (non-hydrogen) atoms. The summed E-state index contributed by atoms with van der Waals surface area (Å²) in [5, 5.41) is 3.64. The quantitative estimate of drug-likeness (QED) is 0.849. The molecule has 0 aliphatic heterocycles. The van der Waals surface area contributed by atoms with E-state index in [0.717, 1.165) is 11.8 Å². The predicted octanol–water partition coefficient (Wildman–Crippen LogP) is 4.13. The fraction of sp³-hybridized carbons (Fsp3) is 0.684. The molecule has 2 aliphatic rings. The molecule has 1 saturated carbocycles. The highest BCUT2D eigenvalue weighted by Crippen LogP contribution is 2.34. The van der Waals surface area contributed by atoms with Gasteiger partial charge in [0.1, 0.15) is 0 Å². The van der Waals surface area contributed by atoms with Crippen LogP contribution in [-0.2, 0) is 19.3 Å². The van der Waals surface area contributed by atoms with Gasteiger partial charge in [0, 0.05) is 6.04 Å². The van der Waals surface area contributed by atoms with Crippen molar-refractivity contribution in [1.29, 1.82) is 0 Å². The van der Waals surface area contributed by atoms with E-state index in [-0.39, 0.29) is 0 Å². The van der Waals surface area contributed by atoms with E-state index in [2.05, 4.69) is 37.4 Å². The van der Waals surface area contributed by atoms with Gasteiger partial charge in [-0.3, -0.25) is 0 Å². The molecule has 0 spiro atoms. The van der Waals surface area contributed by atoms with Crippen molar-refractivity contribution in [2.24, 2.45) is 11.8 Å². The fourth-order valence-corrected chi connectivity index (χ4v) is 4.09. The Hall–Kier alpha value is -0.820. The molecule has 2 aliphatic carbocycles. The second-order valence-electron chi connectivity index (χ2n) is 7.17. The van der Waals surface area contributed by atoms with E-state index in [9.17, 15) is 0 Å². The van der Waals surface area contributed by atoms with E-state index in [1.54, 1.807) is 16.7 Å². The topological polar surface area (TPSA) is 12.0 Å². The first-order valence-corrected chi connectivity index (χ1v) is 8.56. The first kappa shape index (κ1) is 14.1. The molecule has 1 fully saturated rings. The van der Waals surface area contributed by atoms with Crippen LogP contribution >= 0.6 is 0 Å². The van der Waals surface area contributed by atoms with Gasteiger partial charge in [-0.15, -0.1) is 0 Å². The van der Waals surface area contributed by atoms with Gasteiger partial charge < -0.3 is 5.32 Å². The zero-order valence-electron chi connectivity index (χ0n) is 13.1. The molecule has 1 N–H and O–H groups in total. The molecule has 1 nitrogen and oxygen atoms in total. The van der Waals surface area contributed by atoms with Gasteiger partial charge in [-0.2, -0.15) is 0 Å². The summed E-state index contributed by atoms with van der Waals surface area (Å²) in [4.78, 5) is 0. The number of hydrogen-bond donors (Lipinski definition) is 1. The van der Waals surface area contributed by atoms with Crippen LogP contribution in [0.5, 0.6) is 0 Å². The Labute approximate surface area is 124 Å². The van der Waals surface area contributed by atoms with Crippen molar-refractivity contribution in [1.82, 2.24) is 5.32 Å². The molecule has 0 bridgehead atoms. The summed E-state index contributed by atoms with van der Waals surface area (Å²) < 4.78 is 0. The Morgan fingerprint density at radius 3 is 2.70 bits per heavy atom. The molecular formula is C19H29N. The predicted molar refractivity (Wildman–Crippen MR) is 86.1 cm³/mol. The highest BCUT2D eigenvalue weighted by atomic mass is 14.9. The van der Waals surface area contributed by atoms with E-state index in [1.165, 1.54) is 51.5 Å². The third-order valence-electron chi connectivity index (χ3n) is 5.27. The lowest BCUT2D eigenvalue weighted by Crippen LogP contribution is -2.31. The fourth-order valence-electron chi connectivity index (χ4n) is 4.09. The van der Waals surface area contributed by atoms with Crippen LogP contribution in [0.3, 0.4) is 0 Å². The molecule has 110 valence electrons. The largest absolute Gasteiger partial charge is 0.314 e. The summed E-state index contributed by atoms with van der Waals surface area (Å²) in [6, 6.07) is 7.92. The zero-order chi connectivity index (χ0) is 13.9. The molecule has 0 amide bonds. The van der Waals surface area contributed by atoms with Gasteiger partial charge in [0.2, 0.25) is 0 Å². The normalized spacial score (nSPS) is 25.4. The lowest BCUT2D eigenvalue weighted by molar-refractivity contribution is 0.354. The van der Waals surface area contributed by atoms with Gasteiger partial charge in [0.25, 0.3) is 0 Å². The van der Waals surface area contributed by atoms with Crippen LogP contribution in [0.1, 0.15) is 56.2 Å². The molecular weight excluding hydrogens is 242 g/mol. The van der Waals surface area contributed by atoms with Gasteiger partial charge in [-0.1, -0.05) is 38.5 Å². The third-order valence-corrected chi connectivity index (χ3v) is 5.27. The summed E-state index contributed by atoms with van der Waals surface area (Å²) in [7, 11) is 0. The van der Waals surface area contributed by atoms with Gasteiger partial charge in [0.05, 0.1) is 0 Å². The smallest absolute Gasteiger partial charge is 0.00104 e. The van der Waals surface area contributed by atoms with E-state index in [4.69, 9.17) is 0 Å². The lowest BCUT2D eigenvalue weighted by Gasteiger charge is -2.22. The van der Waals surface area contributed by atoms with Gasteiger partial charge in [-0.05, 0) is 73.6 Å². The summed E-state index contributed by atoms with van der Waals surface area (Å²) in [5.74, 6) is 1.80. The summed E-state index contributed by atoms with van der Waals surface area (Å²) in [6.45, 7) is 5.72. The van der Waals surface area contributed by atoms with Crippen molar-refractivity contribution in [3.63, 3.8) is 0 Å². The molecule has 0 aromatic heterocycles. The van der Waals surface area contributed by atoms with Crippen molar-refractivity contribution in [2.75, 3.05) is 6.54 Å². The van der Waals surface area contributed by atoms with Crippen LogP contribution in [-0.4, -0.2) is 12.6 Å². The minimum absolute atomic E-state index is 0.622.